The number of aryl methyl sites for hydroxylation is 1. The van der Waals surface area contributed by atoms with Crippen molar-refractivity contribution in [3.8, 4) is 5.69 Å². The van der Waals surface area contributed by atoms with Gasteiger partial charge in [-0.3, -0.25) is 9.47 Å². The lowest BCUT2D eigenvalue weighted by molar-refractivity contribution is 0.0848. The molecule has 1 aromatic carbocycles. The lowest BCUT2D eigenvalue weighted by Crippen LogP contribution is -2.44. The zero-order chi connectivity index (χ0) is 24.2. The predicted molar refractivity (Wildman–Crippen MR) is 138 cm³/mol. The highest BCUT2D eigenvalue weighted by Gasteiger charge is 2.26. The molecule has 0 spiro atoms. The third-order valence-electron chi connectivity index (χ3n) is 7.34. The first-order valence-corrected chi connectivity index (χ1v) is 12.8. The Bertz CT molecular complexity index is 1300. The van der Waals surface area contributed by atoms with Crippen LogP contribution < -0.4 is 0 Å². The maximum Gasteiger partial charge on any atom is 0.123 e. The van der Waals surface area contributed by atoms with Crippen LogP contribution in [0.15, 0.2) is 82.7 Å². The zero-order valence-corrected chi connectivity index (χ0v) is 20.4. The predicted octanol–water partition coefficient (Wildman–Crippen LogP) is 5.03. The second kappa shape index (κ2) is 10.6. The molecule has 1 saturated heterocycles. The van der Waals surface area contributed by atoms with Crippen molar-refractivity contribution < 1.29 is 8.83 Å². The van der Waals surface area contributed by atoms with Crippen LogP contribution in [0, 0.1) is 0 Å². The number of benzene rings is 1. The summed E-state index contributed by atoms with van der Waals surface area (Å²) in [5.41, 5.74) is 3.64. The van der Waals surface area contributed by atoms with Crippen LogP contribution in [0.1, 0.15) is 36.3 Å². The molecule has 5 heterocycles. The maximum atomic E-state index is 5.65. The van der Waals surface area contributed by atoms with E-state index in [9.17, 15) is 0 Å². The minimum Gasteiger partial charge on any atom is -0.468 e. The minimum absolute atomic E-state index is 0.529. The molecule has 0 saturated carbocycles. The average Bonchev–Trinajstić information content (AvgIpc) is 3.73. The molecule has 4 aromatic heterocycles. The quantitative estimate of drug-likeness (QED) is 0.299. The SMILES string of the molecule is c1coc(CN(Cc2ccco2)C2CCN(CCCc3c[nH]c4ccc(-n5cnnc5)cc34)CC2)c1. The summed E-state index contributed by atoms with van der Waals surface area (Å²) >= 11 is 0. The van der Waals surface area contributed by atoms with Gasteiger partial charge in [0.15, 0.2) is 0 Å². The number of aromatic nitrogens is 4. The molecule has 6 rings (SSSR count). The van der Waals surface area contributed by atoms with E-state index < -0.39 is 0 Å². The van der Waals surface area contributed by atoms with Crippen LogP contribution in [-0.2, 0) is 19.5 Å². The number of H-pyrrole nitrogens is 1. The second-order valence-corrected chi connectivity index (χ2v) is 9.65. The summed E-state index contributed by atoms with van der Waals surface area (Å²) in [7, 11) is 0. The topological polar surface area (TPSA) is 79.3 Å². The minimum atomic E-state index is 0.529. The zero-order valence-electron chi connectivity index (χ0n) is 20.4. The summed E-state index contributed by atoms with van der Waals surface area (Å²) in [5.74, 6) is 2.02. The largest absolute Gasteiger partial charge is 0.468 e. The van der Waals surface area contributed by atoms with Crippen LogP contribution in [0.3, 0.4) is 0 Å². The molecule has 0 aliphatic carbocycles. The number of nitrogens with zero attached hydrogens (tertiary/aromatic N) is 5. The lowest BCUT2D eigenvalue weighted by Gasteiger charge is -2.38. The van der Waals surface area contributed by atoms with Gasteiger partial charge in [-0.15, -0.1) is 10.2 Å². The Morgan fingerprint density at radius 2 is 1.67 bits per heavy atom. The molecule has 1 fully saturated rings. The summed E-state index contributed by atoms with van der Waals surface area (Å²) in [5, 5.41) is 9.14. The van der Waals surface area contributed by atoms with Gasteiger partial charge in [-0.25, -0.2) is 0 Å². The molecule has 0 amide bonds. The molecular formula is C28H32N6O2. The molecule has 1 aliphatic heterocycles. The number of aromatic amines is 1. The van der Waals surface area contributed by atoms with E-state index in [2.05, 4.69) is 61.5 Å². The van der Waals surface area contributed by atoms with Gasteiger partial charge in [0.05, 0.1) is 25.6 Å². The fourth-order valence-electron chi connectivity index (χ4n) is 5.39. The number of piperidine rings is 1. The number of furan rings is 2. The molecule has 5 aromatic rings. The summed E-state index contributed by atoms with van der Waals surface area (Å²) < 4.78 is 13.2. The summed E-state index contributed by atoms with van der Waals surface area (Å²) in [6.45, 7) is 5.01. The molecule has 0 atom stereocenters. The molecule has 0 radical (unpaired) electrons. The Labute approximate surface area is 210 Å². The van der Waals surface area contributed by atoms with Crippen molar-refractivity contribution in [3.63, 3.8) is 0 Å². The van der Waals surface area contributed by atoms with Crippen molar-refractivity contribution in [2.24, 2.45) is 0 Å². The molecular weight excluding hydrogens is 452 g/mol. The number of hydrogen-bond acceptors (Lipinski definition) is 6. The first-order chi connectivity index (χ1) is 17.8. The van der Waals surface area contributed by atoms with Crippen LogP contribution in [0.4, 0.5) is 0 Å². The van der Waals surface area contributed by atoms with Crippen LogP contribution >= 0.6 is 0 Å². The Morgan fingerprint density at radius 1 is 0.944 bits per heavy atom. The van der Waals surface area contributed by atoms with Gasteiger partial charge >= 0.3 is 0 Å². The van der Waals surface area contributed by atoms with Crippen molar-refractivity contribution >= 4 is 10.9 Å². The Morgan fingerprint density at radius 3 is 2.33 bits per heavy atom. The smallest absolute Gasteiger partial charge is 0.123 e. The molecule has 8 nitrogen and oxygen atoms in total. The van der Waals surface area contributed by atoms with Crippen LogP contribution in [-0.4, -0.2) is 55.2 Å². The molecule has 8 heteroatoms. The molecule has 0 bridgehead atoms. The lowest BCUT2D eigenvalue weighted by atomic mass is 10.0. The van der Waals surface area contributed by atoms with Gasteiger partial charge in [0, 0.05) is 28.8 Å². The summed E-state index contributed by atoms with van der Waals surface area (Å²) in [6.07, 6.45) is 13.7. The summed E-state index contributed by atoms with van der Waals surface area (Å²) in [4.78, 5) is 8.55. The van der Waals surface area contributed by atoms with E-state index in [-0.39, 0.29) is 0 Å². The van der Waals surface area contributed by atoms with Gasteiger partial charge < -0.3 is 18.7 Å². The number of likely N-dealkylation sites (tertiary alicyclic amines) is 1. The van der Waals surface area contributed by atoms with Gasteiger partial charge in [0.1, 0.15) is 24.2 Å². The molecule has 36 heavy (non-hydrogen) atoms. The van der Waals surface area contributed by atoms with E-state index in [1.54, 1.807) is 25.2 Å². The van der Waals surface area contributed by atoms with Crippen LogP contribution in [0.2, 0.25) is 0 Å². The van der Waals surface area contributed by atoms with E-state index in [0.29, 0.717) is 6.04 Å². The number of hydrogen-bond donors (Lipinski definition) is 1. The van der Waals surface area contributed by atoms with Gasteiger partial charge in [-0.05, 0) is 93.3 Å². The summed E-state index contributed by atoms with van der Waals surface area (Å²) in [6, 6.07) is 15.0. The van der Waals surface area contributed by atoms with Crippen LogP contribution in [0.5, 0.6) is 0 Å². The van der Waals surface area contributed by atoms with E-state index in [1.807, 2.05) is 16.7 Å². The normalized spacial score (nSPS) is 15.4. The van der Waals surface area contributed by atoms with E-state index >= 15 is 0 Å². The van der Waals surface area contributed by atoms with Crippen molar-refractivity contribution in [1.82, 2.24) is 29.5 Å². The fraction of sp³-hybridized carbons (Fsp3) is 0.357. The average molecular weight is 485 g/mol. The second-order valence-electron chi connectivity index (χ2n) is 9.65. The molecule has 186 valence electrons. The first-order valence-electron chi connectivity index (χ1n) is 12.8. The molecule has 1 N–H and O–H groups in total. The maximum absolute atomic E-state index is 5.65. The third kappa shape index (κ3) is 5.15. The fourth-order valence-corrected chi connectivity index (χ4v) is 5.39. The first kappa shape index (κ1) is 22.8. The number of rotatable bonds is 10. The van der Waals surface area contributed by atoms with Gasteiger partial charge in [0.25, 0.3) is 0 Å². The van der Waals surface area contributed by atoms with Crippen molar-refractivity contribution in [2.75, 3.05) is 19.6 Å². The van der Waals surface area contributed by atoms with Gasteiger partial charge in [0.2, 0.25) is 0 Å². The highest BCUT2D eigenvalue weighted by atomic mass is 16.3. The van der Waals surface area contributed by atoms with E-state index in [4.69, 9.17) is 8.83 Å². The van der Waals surface area contributed by atoms with Gasteiger partial charge in [-0.2, -0.15) is 0 Å². The van der Waals surface area contributed by atoms with E-state index in [0.717, 1.165) is 75.6 Å². The highest BCUT2D eigenvalue weighted by Crippen LogP contribution is 2.25. The third-order valence-corrected chi connectivity index (χ3v) is 7.34. The van der Waals surface area contributed by atoms with Gasteiger partial charge in [-0.1, -0.05) is 0 Å². The molecule has 0 unspecified atom stereocenters. The monoisotopic (exact) mass is 484 g/mol. The van der Waals surface area contributed by atoms with Crippen molar-refractivity contribution in [3.05, 3.63) is 90.9 Å². The van der Waals surface area contributed by atoms with Crippen LogP contribution in [0.25, 0.3) is 16.6 Å². The highest BCUT2D eigenvalue weighted by molar-refractivity contribution is 5.85. The Hall–Kier alpha value is -3.62. The van der Waals surface area contributed by atoms with E-state index in [1.165, 1.54) is 16.5 Å². The molecule has 1 aliphatic rings. The standard InChI is InChI=1S/C28H32N6O2/c1(4-22-17-29-28-8-7-24(16-27(22)28)34-20-30-31-21-34)11-32-12-9-23(10-13-32)33(18-25-5-2-14-35-25)19-26-6-3-15-36-26/h2-3,5-8,14-17,20-21,23,29H,1,4,9-13,18-19H2. The number of fused-ring (bicyclic) bond motifs is 1. The van der Waals surface area contributed by atoms with Crippen molar-refractivity contribution in [1.29, 1.82) is 0 Å². The Balaban J connectivity index is 1.03. The van der Waals surface area contributed by atoms with Crippen molar-refractivity contribution in [2.45, 2.75) is 44.8 Å². The Kier molecular flexibility index (Phi) is 6.69. The number of nitrogens with one attached hydrogen (secondary N) is 1.